The monoisotopic (exact) mass is 640 g/mol. The Hall–Kier alpha value is -3.72. The molecule has 1 amide bonds. The van der Waals surface area contributed by atoms with Crippen molar-refractivity contribution in [3.05, 3.63) is 101 Å². The van der Waals surface area contributed by atoms with Gasteiger partial charge in [0.1, 0.15) is 5.75 Å². The molecule has 2 heterocycles. The second-order valence-corrected chi connectivity index (χ2v) is 13.0. The molecule has 0 aliphatic carbocycles. The van der Waals surface area contributed by atoms with E-state index in [-0.39, 0.29) is 29.7 Å². The van der Waals surface area contributed by atoms with Crippen molar-refractivity contribution in [3.8, 4) is 5.75 Å². The highest BCUT2D eigenvalue weighted by Gasteiger charge is 2.32. The Morgan fingerprint density at radius 2 is 1.60 bits per heavy atom. The van der Waals surface area contributed by atoms with E-state index < -0.39 is 0 Å². The van der Waals surface area contributed by atoms with Crippen LogP contribution in [0.15, 0.2) is 78.9 Å². The Bertz CT molecular complexity index is 1430. The molecule has 2 unspecified atom stereocenters. The molecule has 0 radical (unpaired) electrons. The summed E-state index contributed by atoms with van der Waals surface area (Å²) in [6, 6.07) is 26.6. The third-order valence-corrected chi connectivity index (χ3v) is 9.52. The van der Waals surface area contributed by atoms with Crippen molar-refractivity contribution in [1.29, 1.82) is 0 Å². The van der Waals surface area contributed by atoms with Crippen LogP contribution in [-0.2, 0) is 16.1 Å². The molecule has 5 rings (SSSR count). The third-order valence-electron chi connectivity index (χ3n) is 9.52. The molecule has 1 N–H and O–H groups in total. The minimum absolute atomic E-state index is 0.0767. The summed E-state index contributed by atoms with van der Waals surface area (Å²) in [6.45, 7) is 12.6. The number of rotatable bonds is 13. The van der Waals surface area contributed by atoms with E-state index in [1.54, 1.807) is 6.07 Å². The summed E-state index contributed by atoms with van der Waals surface area (Å²) < 4.78 is 5.03. The van der Waals surface area contributed by atoms with Crippen LogP contribution in [0.3, 0.4) is 0 Å². The number of carbonyl (C=O) groups excluding carboxylic acids is 2. The number of hydrogen-bond donors (Lipinski definition) is 1. The largest absolute Gasteiger partial charge is 0.508 e. The lowest BCUT2D eigenvalue weighted by Crippen LogP contribution is -2.52. The predicted octanol–water partition coefficient (Wildman–Crippen LogP) is 5.96. The van der Waals surface area contributed by atoms with Crippen LogP contribution >= 0.6 is 0 Å². The molecular weight excluding hydrogens is 588 g/mol. The zero-order valence-electron chi connectivity index (χ0n) is 28.2. The van der Waals surface area contributed by atoms with Gasteiger partial charge in [-0.15, -0.1) is 0 Å². The lowest BCUT2D eigenvalue weighted by atomic mass is 9.93. The van der Waals surface area contributed by atoms with Crippen molar-refractivity contribution >= 4 is 11.9 Å². The average Bonchev–Trinajstić information content (AvgIpc) is 3.32. The summed E-state index contributed by atoms with van der Waals surface area (Å²) in [5, 5.41) is 10.5. The standard InChI is InChI=1S/C39H52N4O4/c1-3-47-37(45)19-8-5-9-20-40-21-12-22-42(25-23-40)39(46)35-17-10-15-33(27-35)38(34-16-11-18-36(44)28-34)43-26-24-41(29-31(43)2)30-32-13-6-4-7-14-32/h4,6-7,10-11,13-18,27-28,31,38,44H,3,5,8-9,12,19-26,29-30H2,1-2H3. The van der Waals surface area contributed by atoms with Gasteiger partial charge in [0.05, 0.1) is 12.6 Å². The van der Waals surface area contributed by atoms with Gasteiger partial charge in [-0.3, -0.25) is 19.4 Å². The predicted molar refractivity (Wildman–Crippen MR) is 186 cm³/mol. The van der Waals surface area contributed by atoms with Crippen molar-refractivity contribution in [2.24, 2.45) is 0 Å². The van der Waals surface area contributed by atoms with Crippen molar-refractivity contribution in [1.82, 2.24) is 19.6 Å². The first kappa shape index (κ1) is 34.6. The minimum atomic E-state index is -0.107. The molecule has 8 heteroatoms. The Morgan fingerprint density at radius 3 is 2.36 bits per heavy atom. The fraction of sp³-hybridized carbons (Fsp3) is 0.487. The molecule has 2 aliphatic rings. The average molecular weight is 641 g/mol. The van der Waals surface area contributed by atoms with Crippen LogP contribution < -0.4 is 0 Å². The maximum atomic E-state index is 13.9. The molecule has 3 aromatic rings. The van der Waals surface area contributed by atoms with Crippen LogP contribution in [0.1, 0.15) is 79.0 Å². The van der Waals surface area contributed by atoms with E-state index >= 15 is 0 Å². The molecule has 0 saturated carbocycles. The van der Waals surface area contributed by atoms with Crippen LogP contribution in [0.2, 0.25) is 0 Å². The number of unbranched alkanes of at least 4 members (excludes halogenated alkanes) is 2. The zero-order chi connectivity index (χ0) is 33.0. The first-order chi connectivity index (χ1) is 22.9. The maximum Gasteiger partial charge on any atom is 0.305 e. The smallest absolute Gasteiger partial charge is 0.305 e. The lowest BCUT2D eigenvalue weighted by Gasteiger charge is -2.44. The molecule has 0 bridgehead atoms. The molecule has 2 fully saturated rings. The maximum absolute atomic E-state index is 13.9. The Morgan fingerprint density at radius 1 is 0.830 bits per heavy atom. The molecule has 0 spiro atoms. The Labute approximate surface area is 280 Å². The Balaban J connectivity index is 1.23. The summed E-state index contributed by atoms with van der Waals surface area (Å²) in [6.07, 6.45) is 4.35. The highest BCUT2D eigenvalue weighted by atomic mass is 16.5. The summed E-state index contributed by atoms with van der Waals surface area (Å²) in [4.78, 5) is 35.0. The number of amides is 1. The molecule has 47 heavy (non-hydrogen) atoms. The molecule has 0 aromatic heterocycles. The number of nitrogens with zero attached hydrogens (tertiary/aromatic N) is 4. The number of benzene rings is 3. The van der Waals surface area contributed by atoms with Crippen LogP contribution in [-0.4, -0.2) is 102 Å². The number of ether oxygens (including phenoxy) is 1. The van der Waals surface area contributed by atoms with Crippen LogP contribution in [0.25, 0.3) is 0 Å². The van der Waals surface area contributed by atoms with Gasteiger partial charge in [-0.1, -0.05) is 61.0 Å². The number of phenolic OH excluding ortho intramolecular Hbond substituents is 1. The SMILES string of the molecule is CCOC(=O)CCCCCN1CCCN(C(=O)c2cccc(C(c3cccc(O)c3)N3CCN(Cc4ccccc4)CC3C)c2)CC1. The van der Waals surface area contributed by atoms with Gasteiger partial charge in [-0.2, -0.15) is 0 Å². The fourth-order valence-corrected chi connectivity index (χ4v) is 7.12. The van der Waals surface area contributed by atoms with Crippen molar-refractivity contribution in [3.63, 3.8) is 0 Å². The summed E-state index contributed by atoms with van der Waals surface area (Å²) in [7, 11) is 0. The lowest BCUT2D eigenvalue weighted by molar-refractivity contribution is -0.143. The molecule has 2 atom stereocenters. The van der Waals surface area contributed by atoms with Gasteiger partial charge in [0, 0.05) is 63.8 Å². The van der Waals surface area contributed by atoms with Gasteiger partial charge in [-0.25, -0.2) is 0 Å². The van der Waals surface area contributed by atoms with Crippen molar-refractivity contribution < 1.29 is 19.4 Å². The van der Waals surface area contributed by atoms with Gasteiger partial charge in [0.15, 0.2) is 0 Å². The van der Waals surface area contributed by atoms with Crippen LogP contribution in [0.4, 0.5) is 0 Å². The van der Waals surface area contributed by atoms with E-state index in [1.165, 1.54) is 5.56 Å². The second-order valence-electron chi connectivity index (χ2n) is 13.0. The fourth-order valence-electron chi connectivity index (χ4n) is 7.12. The van der Waals surface area contributed by atoms with Gasteiger partial charge >= 0.3 is 5.97 Å². The van der Waals surface area contributed by atoms with E-state index in [4.69, 9.17) is 4.74 Å². The van der Waals surface area contributed by atoms with Crippen LogP contribution in [0, 0.1) is 0 Å². The normalized spacial score (nSPS) is 18.9. The highest BCUT2D eigenvalue weighted by molar-refractivity contribution is 5.94. The number of esters is 1. The molecule has 2 aliphatic heterocycles. The summed E-state index contributed by atoms with van der Waals surface area (Å²) in [5.41, 5.74) is 4.15. The zero-order valence-corrected chi connectivity index (χ0v) is 28.2. The molecule has 2 saturated heterocycles. The minimum Gasteiger partial charge on any atom is -0.508 e. The summed E-state index contributed by atoms with van der Waals surface area (Å²) in [5.74, 6) is 0.228. The van der Waals surface area contributed by atoms with E-state index in [0.717, 1.165) is 94.7 Å². The topological polar surface area (TPSA) is 76.6 Å². The number of piperazine rings is 1. The second kappa shape index (κ2) is 17.4. The summed E-state index contributed by atoms with van der Waals surface area (Å²) >= 11 is 0. The van der Waals surface area contributed by atoms with Crippen molar-refractivity contribution in [2.45, 2.75) is 64.6 Å². The van der Waals surface area contributed by atoms with Gasteiger partial charge in [0.25, 0.3) is 5.91 Å². The van der Waals surface area contributed by atoms with E-state index in [1.807, 2.05) is 36.1 Å². The molecular formula is C39H52N4O4. The van der Waals surface area contributed by atoms with E-state index in [0.29, 0.717) is 19.6 Å². The van der Waals surface area contributed by atoms with E-state index in [2.05, 4.69) is 70.2 Å². The van der Waals surface area contributed by atoms with Gasteiger partial charge < -0.3 is 19.6 Å². The molecule has 3 aromatic carbocycles. The highest BCUT2D eigenvalue weighted by Crippen LogP contribution is 2.34. The first-order valence-electron chi connectivity index (χ1n) is 17.5. The van der Waals surface area contributed by atoms with E-state index in [9.17, 15) is 14.7 Å². The number of hydrogen-bond acceptors (Lipinski definition) is 7. The van der Waals surface area contributed by atoms with Crippen LogP contribution in [0.5, 0.6) is 5.75 Å². The molecule has 8 nitrogen and oxygen atoms in total. The van der Waals surface area contributed by atoms with Gasteiger partial charge in [0.2, 0.25) is 0 Å². The first-order valence-corrected chi connectivity index (χ1v) is 17.5. The quantitative estimate of drug-likeness (QED) is 0.183. The van der Waals surface area contributed by atoms with Gasteiger partial charge in [-0.05, 0) is 87.2 Å². The van der Waals surface area contributed by atoms with Crippen molar-refractivity contribution in [2.75, 3.05) is 59.0 Å². The number of phenols is 1. The number of aromatic hydroxyl groups is 1. The molecule has 252 valence electrons. The Kier molecular flexibility index (Phi) is 12.8. The number of carbonyl (C=O) groups is 2. The third kappa shape index (κ3) is 9.89.